The Morgan fingerprint density at radius 1 is 0.944 bits per heavy atom. The third-order valence-electron chi connectivity index (χ3n) is 5.41. The van der Waals surface area contributed by atoms with E-state index in [2.05, 4.69) is 10.5 Å². The molecule has 8 heteroatoms. The minimum absolute atomic E-state index is 0.254. The summed E-state index contributed by atoms with van der Waals surface area (Å²) in [5.41, 5.74) is 4.48. The van der Waals surface area contributed by atoms with E-state index in [0.717, 1.165) is 5.56 Å². The SMILES string of the molecule is CC(C)(C)OC(=O)N/N=C(\c1ccccc1)C1C(=O)N(c2ccccc2)C(=S)N1Cc1ccccc1. The van der Waals surface area contributed by atoms with Crippen LogP contribution >= 0.6 is 12.2 Å². The molecule has 1 fully saturated rings. The van der Waals surface area contributed by atoms with Gasteiger partial charge in [-0.2, -0.15) is 5.10 Å². The summed E-state index contributed by atoms with van der Waals surface area (Å²) < 4.78 is 5.36. The first-order valence-electron chi connectivity index (χ1n) is 11.6. The minimum atomic E-state index is -0.866. The second-order valence-electron chi connectivity index (χ2n) is 9.28. The predicted octanol–water partition coefficient (Wildman–Crippen LogP) is 5.12. The summed E-state index contributed by atoms with van der Waals surface area (Å²) in [4.78, 5) is 29.8. The number of rotatable bonds is 6. The van der Waals surface area contributed by atoms with Gasteiger partial charge in [-0.25, -0.2) is 10.2 Å². The van der Waals surface area contributed by atoms with Crippen molar-refractivity contribution in [1.29, 1.82) is 0 Å². The van der Waals surface area contributed by atoms with Gasteiger partial charge >= 0.3 is 6.09 Å². The fourth-order valence-corrected chi connectivity index (χ4v) is 4.27. The first kappa shape index (κ1) is 25.1. The summed E-state index contributed by atoms with van der Waals surface area (Å²) in [5, 5.41) is 4.77. The Bertz CT molecular complexity index is 1260. The van der Waals surface area contributed by atoms with Gasteiger partial charge in [0.25, 0.3) is 5.91 Å². The van der Waals surface area contributed by atoms with Crippen LogP contribution in [0.1, 0.15) is 31.9 Å². The average molecular weight is 501 g/mol. The molecule has 1 aliphatic heterocycles. The highest BCUT2D eigenvalue weighted by Gasteiger charge is 2.46. The van der Waals surface area contributed by atoms with Gasteiger partial charge in [0.1, 0.15) is 11.3 Å². The molecule has 184 valence electrons. The van der Waals surface area contributed by atoms with Crippen LogP contribution in [0.25, 0.3) is 0 Å². The van der Waals surface area contributed by atoms with Gasteiger partial charge in [0, 0.05) is 12.1 Å². The summed E-state index contributed by atoms with van der Waals surface area (Å²) in [6, 6.07) is 27.5. The van der Waals surface area contributed by atoms with Crippen molar-refractivity contribution in [2.45, 2.75) is 39.0 Å². The zero-order valence-electron chi connectivity index (χ0n) is 20.4. The van der Waals surface area contributed by atoms with E-state index in [1.807, 2.05) is 95.9 Å². The Kier molecular flexibility index (Phi) is 7.45. The normalized spacial score (nSPS) is 16.3. The smallest absolute Gasteiger partial charge is 0.428 e. The Morgan fingerprint density at radius 3 is 2.08 bits per heavy atom. The highest BCUT2D eigenvalue weighted by molar-refractivity contribution is 7.80. The van der Waals surface area contributed by atoms with Gasteiger partial charge in [0.05, 0.1) is 5.69 Å². The number of anilines is 1. The number of nitrogens with one attached hydrogen (secondary N) is 1. The fraction of sp³-hybridized carbons (Fsp3) is 0.214. The molecule has 3 aromatic carbocycles. The number of nitrogens with zero attached hydrogens (tertiary/aromatic N) is 3. The van der Waals surface area contributed by atoms with Crippen molar-refractivity contribution in [3.05, 3.63) is 102 Å². The molecule has 36 heavy (non-hydrogen) atoms. The van der Waals surface area contributed by atoms with Crippen LogP contribution < -0.4 is 10.3 Å². The molecule has 3 aromatic rings. The molecule has 1 heterocycles. The van der Waals surface area contributed by atoms with Crippen molar-refractivity contribution in [3.63, 3.8) is 0 Å². The van der Waals surface area contributed by atoms with Crippen molar-refractivity contribution in [3.8, 4) is 0 Å². The number of ether oxygens (including phenoxy) is 1. The summed E-state index contributed by atoms with van der Waals surface area (Å²) in [6.07, 6.45) is -0.710. The van der Waals surface area contributed by atoms with E-state index in [1.165, 1.54) is 4.90 Å². The first-order valence-corrected chi connectivity index (χ1v) is 12.0. The van der Waals surface area contributed by atoms with E-state index in [0.29, 0.717) is 28.6 Å². The Hall–Kier alpha value is -4.04. The highest BCUT2D eigenvalue weighted by atomic mass is 32.1. The molecule has 0 aliphatic carbocycles. The molecule has 0 aromatic heterocycles. The van der Waals surface area contributed by atoms with E-state index in [9.17, 15) is 9.59 Å². The zero-order valence-corrected chi connectivity index (χ0v) is 21.2. The summed E-state index contributed by atoms with van der Waals surface area (Å²) in [7, 11) is 0. The fourth-order valence-electron chi connectivity index (χ4n) is 3.91. The minimum Gasteiger partial charge on any atom is -0.443 e. The number of carbonyl (C=O) groups excluding carboxylic acids is 2. The van der Waals surface area contributed by atoms with Crippen LogP contribution in [-0.2, 0) is 16.1 Å². The van der Waals surface area contributed by atoms with Gasteiger partial charge in [-0.05, 0) is 50.7 Å². The molecule has 0 saturated carbocycles. The topological polar surface area (TPSA) is 74.2 Å². The standard InChI is InChI=1S/C28H28N4O3S/c1-28(2,3)35-26(34)30-29-23(21-15-9-5-10-16-21)24-25(33)32(22-17-11-6-12-18-22)27(36)31(24)19-20-13-7-4-8-14-20/h4-18,24H,19H2,1-3H3,(H,30,34)/b29-23+. The Balaban J connectivity index is 1.78. The molecular formula is C28H28N4O3S. The molecule has 0 bridgehead atoms. The lowest BCUT2D eigenvalue weighted by atomic mass is 10.0. The van der Waals surface area contributed by atoms with Crippen molar-refractivity contribution in [2.24, 2.45) is 5.10 Å². The van der Waals surface area contributed by atoms with Crippen LogP contribution in [0.15, 0.2) is 96.1 Å². The molecular weight excluding hydrogens is 472 g/mol. The second kappa shape index (κ2) is 10.7. The lowest BCUT2D eigenvalue weighted by molar-refractivity contribution is -0.118. The number of amides is 2. The third-order valence-corrected chi connectivity index (χ3v) is 5.83. The predicted molar refractivity (Wildman–Crippen MR) is 145 cm³/mol. The molecule has 7 nitrogen and oxygen atoms in total. The maximum absolute atomic E-state index is 14.0. The van der Waals surface area contributed by atoms with Crippen molar-refractivity contribution >= 4 is 40.7 Å². The van der Waals surface area contributed by atoms with Gasteiger partial charge in [-0.1, -0.05) is 78.9 Å². The second-order valence-corrected chi connectivity index (χ2v) is 9.65. The lowest BCUT2D eigenvalue weighted by Gasteiger charge is -2.25. The monoisotopic (exact) mass is 500 g/mol. The van der Waals surface area contributed by atoms with E-state index < -0.39 is 17.7 Å². The van der Waals surface area contributed by atoms with Crippen molar-refractivity contribution in [2.75, 3.05) is 4.90 Å². The molecule has 4 rings (SSSR count). The van der Waals surface area contributed by atoms with Gasteiger partial charge < -0.3 is 9.64 Å². The van der Waals surface area contributed by atoms with Gasteiger partial charge in [-0.15, -0.1) is 0 Å². The zero-order chi connectivity index (χ0) is 25.7. The average Bonchev–Trinajstić information content (AvgIpc) is 3.09. The van der Waals surface area contributed by atoms with E-state index in [-0.39, 0.29) is 5.91 Å². The quantitative estimate of drug-likeness (QED) is 0.289. The molecule has 2 amide bonds. The van der Waals surface area contributed by atoms with Crippen LogP contribution in [0.5, 0.6) is 0 Å². The molecule has 0 radical (unpaired) electrons. The van der Waals surface area contributed by atoms with Crippen LogP contribution in [0.2, 0.25) is 0 Å². The van der Waals surface area contributed by atoms with E-state index in [1.54, 1.807) is 20.8 Å². The van der Waals surface area contributed by atoms with Crippen molar-refractivity contribution < 1.29 is 14.3 Å². The number of hydrogen-bond acceptors (Lipinski definition) is 5. The van der Waals surface area contributed by atoms with Gasteiger partial charge in [0.15, 0.2) is 11.2 Å². The number of hydrogen-bond donors (Lipinski definition) is 1. The number of hydrazone groups is 1. The van der Waals surface area contributed by atoms with Crippen molar-refractivity contribution in [1.82, 2.24) is 10.3 Å². The molecule has 1 N–H and O–H groups in total. The van der Waals surface area contributed by atoms with E-state index >= 15 is 0 Å². The number of thiocarbonyl (C=S) groups is 1. The van der Waals surface area contributed by atoms with Crippen LogP contribution in [0, 0.1) is 0 Å². The molecule has 1 saturated heterocycles. The Labute approximate surface area is 216 Å². The number of para-hydroxylation sites is 1. The van der Waals surface area contributed by atoms with Crippen LogP contribution in [0.4, 0.5) is 10.5 Å². The molecule has 1 atom stereocenters. The summed E-state index contributed by atoms with van der Waals surface area (Å²) >= 11 is 5.84. The first-order chi connectivity index (χ1) is 17.2. The summed E-state index contributed by atoms with van der Waals surface area (Å²) in [5.74, 6) is -0.254. The largest absolute Gasteiger partial charge is 0.443 e. The maximum Gasteiger partial charge on any atom is 0.428 e. The molecule has 1 aliphatic rings. The lowest BCUT2D eigenvalue weighted by Crippen LogP contribution is -2.43. The van der Waals surface area contributed by atoms with Crippen LogP contribution in [-0.4, -0.2) is 39.4 Å². The molecule has 0 spiro atoms. The maximum atomic E-state index is 14.0. The highest BCUT2D eigenvalue weighted by Crippen LogP contribution is 2.29. The summed E-state index contributed by atoms with van der Waals surface area (Å²) in [6.45, 7) is 5.70. The third kappa shape index (κ3) is 5.78. The van der Waals surface area contributed by atoms with Gasteiger partial charge in [-0.3, -0.25) is 9.69 Å². The molecule has 1 unspecified atom stereocenters. The van der Waals surface area contributed by atoms with Crippen LogP contribution in [0.3, 0.4) is 0 Å². The van der Waals surface area contributed by atoms with Gasteiger partial charge in [0.2, 0.25) is 0 Å². The van der Waals surface area contributed by atoms with E-state index in [4.69, 9.17) is 17.0 Å². The Morgan fingerprint density at radius 2 is 1.50 bits per heavy atom. The number of benzene rings is 3. The number of carbonyl (C=O) groups is 2.